The third kappa shape index (κ3) is 3.38. The average Bonchev–Trinajstić information content (AvgIpc) is 2.77. The Labute approximate surface area is 96.2 Å². The lowest BCUT2D eigenvalue weighted by molar-refractivity contribution is 0.0659. The third-order valence-electron chi connectivity index (χ3n) is 2.85. The summed E-state index contributed by atoms with van der Waals surface area (Å²) in [7, 11) is 0. The summed E-state index contributed by atoms with van der Waals surface area (Å²) in [4.78, 5) is 4.01. The lowest BCUT2D eigenvalue weighted by atomic mass is 10.3. The van der Waals surface area contributed by atoms with Crippen molar-refractivity contribution in [2.75, 3.05) is 24.2 Å². The third-order valence-corrected chi connectivity index (χ3v) is 2.85. The van der Waals surface area contributed by atoms with Gasteiger partial charge in [-0.05, 0) is 18.9 Å². The molecular weight excluding hydrogens is 202 g/mol. The van der Waals surface area contributed by atoms with E-state index in [9.17, 15) is 0 Å². The largest absolute Gasteiger partial charge is 0.397 e. The zero-order valence-electron chi connectivity index (χ0n) is 9.48. The zero-order chi connectivity index (χ0) is 11.2. The Kier molecular flexibility index (Phi) is 3.99. The van der Waals surface area contributed by atoms with E-state index in [0.29, 0.717) is 11.8 Å². The summed E-state index contributed by atoms with van der Waals surface area (Å²) in [6, 6.07) is 1.88. The van der Waals surface area contributed by atoms with Gasteiger partial charge in [-0.15, -0.1) is 0 Å². The van der Waals surface area contributed by atoms with Crippen LogP contribution in [0.1, 0.15) is 25.7 Å². The van der Waals surface area contributed by atoms with Gasteiger partial charge in [-0.3, -0.25) is 4.98 Å². The topological polar surface area (TPSA) is 60.2 Å². The van der Waals surface area contributed by atoms with E-state index in [1.807, 2.05) is 6.07 Å². The number of anilines is 2. The summed E-state index contributed by atoms with van der Waals surface area (Å²) in [6.07, 6.45) is 8.97. The summed E-state index contributed by atoms with van der Waals surface area (Å²) in [5, 5.41) is 3.24. The Morgan fingerprint density at radius 1 is 1.38 bits per heavy atom. The molecular formula is C12H19N3O. The fourth-order valence-electron chi connectivity index (χ4n) is 2.03. The fourth-order valence-corrected chi connectivity index (χ4v) is 2.03. The van der Waals surface area contributed by atoms with E-state index in [0.717, 1.165) is 18.8 Å². The molecule has 1 saturated carbocycles. The highest BCUT2D eigenvalue weighted by molar-refractivity contribution is 5.51. The van der Waals surface area contributed by atoms with Crippen LogP contribution < -0.4 is 11.1 Å². The number of nitrogens with zero attached hydrogens (tertiary/aromatic N) is 1. The first-order chi connectivity index (χ1) is 7.84. The van der Waals surface area contributed by atoms with Crippen LogP contribution in [0.4, 0.5) is 11.4 Å². The van der Waals surface area contributed by atoms with Crippen LogP contribution in [-0.4, -0.2) is 24.2 Å². The van der Waals surface area contributed by atoms with Crippen LogP contribution >= 0.6 is 0 Å². The molecule has 0 amide bonds. The molecule has 3 N–H and O–H groups in total. The lowest BCUT2D eigenvalue weighted by Gasteiger charge is -2.12. The number of nitrogen functional groups attached to an aromatic ring is 1. The molecule has 1 aliphatic carbocycles. The van der Waals surface area contributed by atoms with Gasteiger partial charge < -0.3 is 15.8 Å². The minimum atomic E-state index is 0.487. The first-order valence-electron chi connectivity index (χ1n) is 5.90. The van der Waals surface area contributed by atoms with Crippen molar-refractivity contribution in [3.05, 3.63) is 18.5 Å². The molecule has 0 saturated heterocycles. The van der Waals surface area contributed by atoms with Gasteiger partial charge in [0.15, 0.2) is 0 Å². The van der Waals surface area contributed by atoms with E-state index in [4.69, 9.17) is 10.5 Å². The second-order valence-corrected chi connectivity index (χ2v) is 4.21. The predicted molar refractivity (Wildman–Crippen MR) is 65.3 cm³/mol. The number of aromatic nitrogens is 1. The van der Waals surface area contributed by atoms with Crippen LogP contribution in [0.15, 0.2) is 18.5 Å². The fraction of sp³-hybridized carbons (Fsp3) is 0.583. The molecule has 0 spiro atoms. The van der Waals surface area contributed by atoms with Crippen LogP contribution in [-0.2, 0) is 4.74 Å². The highest BCUT2D eigenvalue weighted by Crippen LogP contribution is 2.20. The predicted octanol–water partition coefficient (Wildman–Crippen LogP) is 2.03. The normalized spacial score (nSPS) is 16.5. The Hall–Kier alpha value is -1.29. The second-order valence-electron chi connectivity index (χ2n) is 4.21. The van der Waals surface area contributed by atoms with Gasteiger partial charge in [0.2, 0.25) is 0 Å². The molecule has 1 aromatic heterocycles. The summed E-state index contributed by atoms with van der Waals surface area (Å²) >= 11 is 0. The molecule has 16 heavy (non-hydrogen) atoms. The minimum absolute atomic E-state index is 0.487. The molecule has 0 radical (unpaired) electrons. The van der Waals surface area contributed by atoms with Gasteiger partial charge in [0.05, 0.1) is 30.3 Å². The first kappa shape index (κ1) is 11.2. The molecule has 0 aliphatic heterocycles. The zero-order valence-corrected chi connectivity index (χ0v) is 9.48. The molecule has 0 aromatic carbocycles. The van der Waals surface area contributed by atoms with Gasteiger partial charge in [-0.2, -0.15) is 0 Å². The van der Waals surface area contributed by atoms with Crippen molar-refractivity contribution in [3.63, 3.8) is 0 Å². The standard InChI is InChI=1S/C12H19N3O/c13-10-7-11(9-14-8-10)15-5-6-16-12-3-1-2-4-12/h7-9,12,15H,1-6,13H2. The molecule has 1 heterocycles. The SMILES string of the molecule is Nc1cncc(NCCOC2CCCC2)c1. The van der Waals surface area contributed by atoms with E-state index in [1.165, 1.54) is 25.7 Å². The lowest BCUT2D eigenvalue weighted by Crippen LogP contribution is -2.15. The Morgan fingerprint density at radius 3 is 2.94 bits per heavy atom. The van der Waals surface area contributed by atoms with Gasteiger partial charge in [-0.1, -0.05) is 12.8 Å². The van der Waals surface area contributed by atoms with E-state index in [2.05, 4.69) is 10.3 Å². The van der Waals surface area contributed by atoms with Crippen molar-refractivity contribution in [3.8, 4) is 0 Å². The van der Waals surface area contributed by atoms with Crippen molar-refractivity contribution in [2.45, 2.75) is 31.8 Å². The number of hydrogen-bond acceptors (Lipinski definition) is 4. The number of hydrogen-bond donors (Lipinski definition) is 2. The number of rotatable bonds is 5. The van der Waals surface area contributed by atoms with E-state index in [-0.39, 0.29) is 0 Å². The minimum Gasteiger partial charge on any atom is -0.397 e. The maximum absolute atomic E-state index is 5.74. The quantitative estimate of drug-likeness (QED) is 0.747. The van der Waals surface area contributed by atoms with Crippen LogP contribution in [0.5, 0.6) is 0 Å². The number of ether oxygens (including phenoxy) is 1. The molecule has 2 rings (SSSR count). The second kappa shape index (κ2) is 5.70. The van der Waals surface area contributed by atoms with Gasteiger partial charge >= 0.3 is 0 Å². The van der Waals surface area contributed by atoms with Crippen molar-refractivity contribution >= 4 is 11.4 Å². The van der Waals surface area contributed by atoms with E-state index in [1.54, 1.807) is 12.4 Å². The van der Waals surface area contributed by atoms with Crippen LogP contribution in [0.2, 0.25) is 0 Å². The number of pyridine rings is 1. The summed E-state index contributed by atoms with van der Waals surface area (Å²) in [5.74, 6) is 0. The van der Waals surface area contributed by atoms with Gasteiger partial charge in [0.25, 0.3) is 0 Å². The van der Waals surface area contributed by atoms with Gasteiger partial charge in [0.1, 0.15) is 0 Å². The molecule has 1 aromatic rings. The number of nitrogens with two attached hydrogens (primary N) is 1. The highest BCUT2D eigenvalue weighted by atomic mass is 16.5. The smallest absolute Gasteiger partial charge is 0.0642 e. The Bertz CT molecular complexity index is 324. The van der Waals surface area contributed by atoms with Crippen molar-refractivity contribution in [2.24, 2.45) is 0 Å². The van der Waals surface area contributed by atoms with E-state index >= 15 is 0 Å². The average molecular weight is 221 g/mol. The van der Waals surface area contributed by atoms with Crippen LogP contribution in [0, 0.1) is 0 Å². The van der Waals surface area contributed by atoms with Crippen LogP contribution in [0.3, 0.4) is 0 Å². The molecule has 0 bridgehead atoms. The van der Waals surface area contributed by atoms with Crippen molar-refractivity contribution in [1.29, 1.82) is 0 Å². The Morgan fingerprint density at radius 2 is 2.19 bits per heavy atom. The highest BCUT2D eigenvalue weighted by Gasteiger charge is 2.14. The van der Waals surface area contributed by atoms with Crippen LogP contribution in [0.25, 0.3) is 0 Å². The molecule has 88 valence electrons. The summed E-state index contributed by atoms with van der Waals surface area (Å²) in [5.41, 5.74) is 7.26. The molecule has 0 unspecified atom stereocenters. The molecule has 1 aliphatic rings. The number of nitrogens with one attached hydrogen (secondary N) is 1. The maximum atomic E-state index is 5.74. The van der Waals surface area contributed by atoms with Crippen molar-refractivity contribution in [1.82, 2.24) is 4.98 Å². The van der Waals surface area contributed by atoms with Gasteiger partial charge in [0, 0.05) is 12.7 Å². The maximum Gasteiger partial charge on any atom is 0.0642 e. The molecule has 1 fully saturated rings. The summed E-state index contributed by atoms with van der Waals surface area (Å²) in [6.45, 7) is 1.56. The molecule has 4 nitrogen and oxygen atoms in total. The van der Waals surface area contributed by atoms with Gasteiger partial charge in [-0.25, -0.2) is 0 Å². The van der Waals surface area contributed by atoms with Crippen molar-refractivity contribution < 1.29 is 4.74 Å². The molecule has 4 heteroatoms. The Balaban J connectivity index is 1.64. The molecule has 0 atom stereocenters. The monoisotopic (exact) mass is 221 g/mol. The van der Waals surface area contributed by atoms with E-state index < -0.39 is 0 Å². The first-order valence-corrected chi connectivity index (χ1v) is 5.90. The summed E-state index contributed by atoms with van der Waals surface area (Å²) < 4.78 is 5.74.